The Morgan fingerprint density at radius 1 is 1.27 bits per heavy atom. The van der Waals surface area contributed by atoms with E-state index in [-0.39, 0.29) is 10.8 Å². The molecule has 0 aliphatic carbocycles. The van der Waals surface area contributed by atoms with Gasteiger partial charge in [0.05, 0.1) is 0 Å². The fraction of sp³-hybridized carbons (Fsp3) is 0.0769. The fourth-order valence-corrected chi connectivity index (χ4v) is 3.27. The van der Waals surface area contributed by atoms with Crippen molar-refractivity contribution in [2.24, 2.45) is 0 Å². The minimum Gasteiger partial charge on any atom is -0.420 e. The summed E-state index contributed by atoms with van der Waals surface area (Å²) in [4.78, 5) is 2.90. The molecule has 0 fully saturated rings. The average Bonchev–Trinajstić information content (AvgIpc) is 3.06. The van der Waals surface area contributed by atoms with Crippen LogP contribution in [0.5, 0.6) is 0 Å². The van der Waals surface area contributed by atoms with Crippen molar-refractivity contribution in [2.45, 2.75) is 11.8 Å². The Hall–Kier alpha value is -2.13. The first kappa shape index (κ1) is 14.8. The maximum atomic E-state index is 12.3. The van der Waals surface area contributed by atoms with Gasteiger partial charge in [0.15, 0.2) is 0 Å². The van der Waals surface area contributed by atoms with E-state index in [1.807, 2.05) is 6.07 Å². The number of anilines is 1. The first-order chi connectivity index (χ1) is 10.4. The molecule has 0 aliphatic rings. The van der Waals surface area contributed by atoms with Crippen LogP contribution in [-0.4, -0.2) is 23.6 Å². The van der Waals surface area contributed by atoms with Crippen LogP contribution < -0.4 is 4.72 Å². The molecule has 9 heteroatoms. The van der Waals surface area contributed by atoms with E-state index < -0.39 is 10.0 Å². The standard InChI is InChI=1S/C13H11BrN4O3S/c1-8-16-17-13(21-8)12-6-11(7-15-12)22(19,20)18-10-4-2-3-9(14)5-10/h2-7,15,18H,1H3. The maximum Gasteiger partial charge on any atom is 0.264 e. The summed E-state index contributed by atoms with van der Waals surface area (Å²) in [6, 6.07) is 8.33. The van der Waals surface area contributed by atoms with Crippen molar-refractivity contribution in [3.63, 3.8) is 0 Å². The number of benzene rings is 1. The highest BCUT2D eigenvalue weighted by Crippen LogP contribution is 2.23. The van der Waals surface area contributed by atoms with E-state index in [4.69, 9.17) is 4.42 Å². The van der Waals surface area contributed by atoms with Crippen LogP contribution in [0.3, 0.4) is 0 Å². The quantitative estimate of drug-likeness (QED) is 0.722. The third-order valence-electron chi connectivity index (χ3n) is 2.80. The molecule has 0 unspecified atom stereocenters. The molecule has 0 spiro atoms. The van der Waals surface area contributed by atoms with Crippen LogP contribution in [0.1, 0.15) is 5.89 Å². The highest BCUT2D eigenvalue weighted by Gasteiger charge is 2.18. The van der Waals surface area contributed by atoms with E-state index >= 15 is 0 Å². The van der Waals surface area contributed by atoms with E-state index in [1.165, 1.54) is 12.3 Å². The summed E-state index contributed by atoms with van der Waals surface area (Å²) in [7, 11) is -3.70. The Balaban J connectivity index is 1.88. The fourth-order valence-electron chi connectivity index (χ4n) is 1.82. The summed E-state index contributed by atoms with van der Waals surface area (Å²) in [5.74, 6) is 0.641. The smallest absolute Gasteiger partial charge is 0.264 e. The number of rotatable bonds is 4. The number of H-pyrrole nitrogens is 1. The van der Waals surface area contributed by atoms with Gasteiger partial charge in [-0.15, -0.1) is 10.2 Å². The van der Waals surface area contributed by atoms with Crippen LogP contribution in [0, 0.1) is 6.92 Å². The molecule has 0 bridgehead atoms. The number of halogens is 1. The van der Waals surface area contributed by atoms with Gasteiger partial charge in [-0.05, 0) is 24.3 Å². The molecular formula is C13H11BrN4O3S. The molecule has 0 amide bonds. The van der Waals surface area contributed by atoms with E-state index in [1.54, 1.807) is 25.1 Å². The van der Waals surface area contributed by atoms with Crippen molar-refractivity contribution >= 4 is 31.6 Å². The highest BCUT2D eigenvalue weighted by atomic mass is 79.9. The third-order valence-corrected chi connectivity index (χ3v) is 4.65. The lowest BCUT2D eigenvalue weighted by molar-refractivity contribution is 0.531. The van der Waals surface area contributed by atoms with Gasteiger partial charge in [0, 0.05) is 23.3 Å². The zero-order valence-corrected chi connectivity index (χ0v) is 13.8. The molecule has 2 aromatic heterocycles. The second-order valence-electron chi connectivity index (χ2n) is 4.49. The summed E-state index contributed by atoms with van der Waals surface area (Å²) in [6.45, 7) is 1.66. The highest BCUT2D eigenvalue weighted by molar-refractivity contribution is 9.10. The second-order valence-corrected chi connectivity index (χ2v) is 7.09. The van der Waals surface area contributed by atoms with E-state index in [0.717, 1.165) is 4.47 Å². The summed E-state index contributed by atoms with van der Waals surface area (Å²) < 4.78 is 33.2. The Labute approximate surface area is 134 Å². The largest absolute Gasteiger partial charge is 0.420 e. The molecule has 1 aromatic carbocycles. The molecule has 0 aliphatic heterocycles. The molecular weight excluding hydrogens is 372 g/mol. The molecule has 3 aromatic rings. The first-order valence-corrected chi connectivity index (χ1v) is 8.49. The van der Waals surface area contributed by atoms with Crippen molar-refractivity contribution in [3.05, 3.63) is 46.9 Å². The van der Waals surface area contributed by atoms with Gasteiger partial charge < -0.3 is 9.40 Å². The van der Waals surface area contributed by atoms with Crippen LogP contribution in [0.4, 0.5) is 5.69 Å². The molecule has 22 heavy (non-hydrogen) atoms. The van der Waals surface area contributed by atoms with E-state index in [2.05, 4.69) is 35.8 Å². The van der Waals surface area contributed by atoms with Crippen LogP contribution in [-0.2, 0) is 10.0 Å². The first-order valence-electron chi connectivity index (χ1n) is 6.21. The zero-order chi connectivity index (χ0) is 15.7. The van der Waals surface area contributed by atoms with Crippen molar-refractivity contribution in [2.75, 3.05) is 4.72 Å². The van der Waals surface area contributed by atoms with Crippen LogP contribution in [0.2, 0.25) is 0 Å². The number of hydrogen-bond acceptors (Lipinski definition) is 5. The van der Waals surface area contributed by atoms with E-state index in [9.17, 15) is 8.42 Å². The summed E-state index contributed by atoms with van der Waals surface area (Å²) in [6.07, 6.45) is 1.37. The lowest BCUT2D eigenvalue weighted by Crippen LogP contribution is -2.12. The number of aromatic nitrogens is 3. The van der Waals surface area contributed by atoms with Gasteiger partial charge in [-0.25, -0.2) is 8.42 Å². The Bertz CT molecular complexity index is 917. The molecule has 3 rings (SSSR count). The topological polar surface area (TPSA) is 101 Å². The molecule has 114 valence electrons. The van der Waals surface area contributed by atoms with Gasteiger partial charge in [0.2, 0.25) is 5.89 Å². The molecule has 0 saturated heterocycles. The molecule has 2 heterocycles. The number of sulfonamides is 1. The number of aryl methyl sites for hydroxylation is 1. The minimum atomic E-state index is -3.70. The summed E-state index contributed by atoms with van der Waals surface area (Å²) in [5, 5.41) is 7.54. The maximum absolute atomic E-state index is 12.3. The third kappa shape index (κ3) is 3.04. The number of nitrogens with one attached hydrogen (secondary N) is 2. The Morgan fingerprint density at radius 3 is 2.77 bits per heavy atom. The number of hydrogen-bond donors (Lipinski definition) is 2. The minimum absolute atomic E-state index is 0.0818. The Kier molecular flexibility index (Phi) is 3.75. The van der Waals surface area contributed by atoms with Gasteiger partial charge >= 0.3 is 0 Å². The van der Waals surface area contributed by atoms with E-state index in [0.29, 0.717) is 17.3 Å². The van der Waals surface area contributed by atoms with Gasteiger partial charge in [-0.1, -0.05) is 22.0 Å². The van der Waals surface area contributed by atoms with Crippen molar-refractivity contribution in [3.8, 4) is 11.6 Å². The normalized spacial score (nSPS) is 11.5. The molecule has 0 radical (unpaired) electrons. The van der Waals surface area contributed by atoms with Gasteiger partial charge in [0.25, 0.3) is 15.9 Å². The predicted molar refractivity (Wildman–Crippen MR) is 83.8 cm³/mol. The summed E-state index contributed by atoms with van der Waals surface area (Å²) >= 11 is 3.29. The van der Waals surface area contributed by atoms with Gasteiger partial charge in [0.1, 0.15) is 10.6 Å². The molecule has 2 N–H and O–H groups in total. The van der Waals surface area contributed by atoms with Crippen LogP contribution >= 0.6 is 15.9 Å². The molecule has 7 nitrogen and oxygen atoms in total. The average molecular weight is 383 g/mol. The van der Waals surface area contributed by atoms with Crippen LogP contribution in [0.25, 0.3) is 11.6 Å². The van der Waals surface area contributed by atoms with Gasteiger partial charge in [-0.2, -0.15) is 0 Å². The lowest BCUT2D eigenvalue weighted by atomic mass is 10.3. The monoisotopic (exact) mass is 382 g/mol. The van der Waals surface area contributed by atoms with Crippen LogP contribution in [0.15, 0.2) is 50.3 Å². The lowest BCUT2D eigenvalue weighted by Gasteiger charge is -2.06. The number of aromatic amines is 1. The summed E-state index contributed by atoms with van der Waals surface area (Å²) in [5.41, 5.74) is 0.904. The molecule has 0 saturated carbocycles. The van der Waals surface area contributed by atoms with Crippen molar-refractivity contribution in [1.82, 2.24) is 15.2 Å². The van der Waals surface area contributed by atoms with Crippen molar-refractivity contribution < 1.29 is 12.8 Å². The van der Waals surface area contributed by atoms with Gasteiger partial charge in [-0.3, -0.25) is 4.72 Å². The Morgan fingerprint density at radius 2 is 2.09 bits per heavy atom. The zero-order valence-electron chi connectivity index (χ0n) is 11.4. The number of nitrogens with zero attached hydrogens (tertiary/aromatic N) is 2. The SMILES string of the molecule is Cc1nnc(-c2cc(S(=O)(=O)Nc3cccc(Br)c3)c[nH]2)o1. The predicted octanol–water partition coefficient (Wildman–Crippen LogP) is 2.94. The second kappa shape index (κ2) is 5.58. The van der Waals surface area contributed by atoms with Crippen molar-refractivity contribution in [1.29, 1.82) is 0 Å². The molecule has 0 atom stereocenters.